The van der Waals surface area contributed by atoms with Crippen LogP contribution < -0.4 is 0 Å². The molecule has 0 aliphatic heterocycles. The number of fused-ring (bicyclic) bond motifs is 1. The molecule has 30 heavy (non-hydrogen) atoms. The van der Waals surface area contributed by atoms with E-state index in [1.807, 2.05) is 31.2 Å². The Bertz CT molecular complexity index is 1420. The number of aromatic nitrogens is 2. The van der Waals surface area contributed by atoms with E-state index in [4.69, 9.17) is 0 Å². The van der Waals surface area contributed by atoms with Gasteiger partial charge < -0.3 is 5.11 Å². The summed E-state index contributed by atoms with van der Waals surface area (Å²) in [5.41, 5.74) is 2.64. The fraction of sp³-hybridized carbons (Fsp3) is 0.182. The third kappa shape index (κ3) is 2.81. The molecule has 0 bridgehead atoms. The van der Waals surface area contributed by atoms with Gasteiger partial charge in [-0.25, -0.2) is 4.79 Å². The molecule has 0 saturated heterocycles. The van der Waals surface area contributed by atoms with Crippen molar-refractivity contribution in [3.63, 3.8) is 0 Å². The van der Waals surface area contributed by atoms with E-state index in [2.05, 4.69) is 5.10 Å². The Morgan fingerprint density at radius 1 is 0.967 bits per heavy atom. The van der Waals surface area contributed by atoms with Crippen LogP contribution in [0.15, 0.2) is 12.1 Å². The highest BCUT2D eigenvalue weighted by Gasteiger charge is 2.25. The number of carboxylic acid groups (broad SMARTS) is 1. The SMILES string of the molecule is Cc1ccc(C(=O)O)c(C)c1Cn1nc(C)c2c(C#N)c(C#N)c(C#N)c(C#N)c21. The number of aromatic carboxylic acids is 1. The molecule has 0 aliphatic carbocycles. The van der Waals surface area contributed by atoms with Gasteiger partial charge in [0.2, 0.25) is 0 Å². The summed E-state index contributed by atoms with van der Waals surface area (Å²) in [6, 6.07) is 10.9. The van der Waals surface area contributed by atoms with Gasteiger partial charge in [0, 0.05) is 5.39 Å². The van der Waals surface area contributed by atoms with Crippen molar-refractivity contribution in [3.8, 4) is 24.3 Å². The Kier molecular flexibility index (Phi) is 4.95. The fourth-order valence-corrected chi connectivity index (χ4v) is 3.70. The zero-order valence-electron chi connectivity index (χ0n) is 16.4. The van der Waals surface area contributed by atoms with E-state index >= 15 is 0 Å². The Balaban J connectivity index is 2.43. The van der Waals surface area contributed by atoms with Crippen molar-refractivity contribution >= 4 is 16.9 Å². The van der Waals surface area contributed by atoms with Crippen molar-refractivity contribution in [3.05, 3.63) is 62.3 Å². The summed E-state index contributed by atoms with van der Waals surface area (Å²) in [6.07, 6.45) is 0. The van der Waals surface area contributed by atoms with Gasteiger partial charge in [-0.15, -0.1) is 0 Å². The molecule has 1 aromatic heterocycles. The van der Waals surface area contributed by atoms with Crippen molar-refractivity contribution in [2.75, 3.05) is 0 Å². The van der Waals surface area contributed by atoms with Crippen molar-refractivity contribution in [2.24, 2.45) is 0 Å². The van der Waals surface area contributed by atoms with Gasteiger partial charge in [-0.3, -0.25) is 4.68 Å². The Morgan fingerprint density at radius 2 is 1.53 bits per heavy atom. The number of rotatable bonds is 3. The minimum atomic E-state index is -1.05. The van der Waals surface area contributed by atoms with E-state index in [0.29, 0.717) is 22.2 Å². The molecular weight excluding hydrogens is 380 g/mol. The van der Waals surface area contributed by atoms with Crippen LogP contribution in [0.2, 0.25) is 0 Å². The first-order valence-electron chi connectivity index (χ1n) is 8.80. The maximum Gasteiger partial charge on any atom is 0.335 e. The van der Waals surface area contributed by atoms with E-state index in [9.17, 15) is 30.9 Å². The predicted molar refractivity (Wildman–Crippen MR) is 105 cm³/mol. The van der Waals surface area contributed by atoms with Gasteiger partial charge in [0.05, 0.1) is 45.6 Å². The minimum Gasteiger partial charge on any atom is -0.478 e. The van der Waals surface area contributed by atoms with E-state index < -0.39 is 5.97 Å². The van der Waals surface area contributed by atoms with E-state index in [1.54, 1.807) is 19.9 Å². The molecule has 3 rings (SSSR count). The third-order valence-corrected chi connectivity index (χ3v) is 5.18. The highest BCUT2D eigenvalue weighted by atomic mass is 16.4. The summed E-state index contributed by atoms with van der Waals surface area (Å²) in [5.74, 6) is -1.05. The zero-order chi connectivity index (χ0) is 22.2. The van der Waals surface area contributed by atoms with Gasteiger partial charge in [-0.1, -0.05) is 6.07 Å². The highest BCUT2D eigenvalue weighted by Crippen LogP contribution is 2.33. The summed E-state index contributed by atoms with van der Waals surface area (Å²) < 4.78 is 1.49. The Hall–Kier alpha value is -4.66. The minimum absolute atomic E-state index is 0.000435. The maximum atomic E-state index is 11.5. The van der Waals surface area contributed by atoms with Crippen LogP contribution in [0.5, 0.6) is 0 Å². The molecule has 0 radical (unpaired) electrons. The second-order valence-electron chi connectivity index (χ2n) is 6.75. The number of hydrogen-bond donors (Lipinski definition) is 1. The first kappa shape index (κ1) is 20.1. The van der Waals surface area contributed by atoms with Gasteiger partial charge in [-0.2, -0.15) is 26.1 Å². The molecule has 0 unspecified atom stereocenters. The first-order valence-corrected chi connectivity index (χ1v) is 8.80. The second kappa shape index (κ2) is 7.40. The van der Waals surface area contributed by atoms with E-state index in [1.165, 1.54) is 10.7 Å². The van der Waals surface area contributed by atoms with E-state index in [-0.39, 0.29) is 39.9 Å². The summed E-state index contributed by atoms with van der Waals surface area (Å²) >= 11 is 0. The van der Waals surface area contributed by atoms with Gasteiger partial charge in [-0.05, 0) is 43.5 Å². The number of nitriles is 4. The van der Waals surface area contributed by atoms with Gasteiger partial charge in [0.25, 0.3) is 0 Å². The number of aryl methyl sites for hydroxylation is 2. The van der Waals surface area contributed by atoms with E-state index in [0.717, 1.165) is 5.56 Å². The Labute approximate surface area is 172 Å². The normalized spacial score (nSPS) is 10.1. The van der Waals surface area contributed by atoms with Crippen LogP contribution in [0.25, 0.3) is 10.9 Å². The molecule has 3 aromatic rings. The fourth-order valence-electron chi connectivity index (χ4n) is 3.70. The van der Waals surface area contributed by atoms with Crippen LogP contribution >= 0.6 is 0 Å². The number of nitrogens with zero attached hydrogens (tertiary/aromatic N) is 6. The molecule has 8 nitrogen and oxygen atoms in total. The van der Waals surface area contributed by atoms with Crippen LogP contribution in [-0.4, -0.2) is 20.9 Å². The Morgan fingerprint density at radius 3 is 2.07 bits per heavy atom. The lowest BCUT2D eigenvalue weighted by atomic mass is 9.93. The van der Waals surface area contributed by atoms with Crippen LogP contribution in [0.3, 0.4) is 0 Å². The summed E-state index contributed by atoms with van der Waals surface area (Å²) in [7, 11) is 0. The van der Waals surface area contributed by atoms with Crippen LogP contribution in [0, 0.1) is 66.1 Å². The molecule has 0 atom stereocenters. The first-order chi connectivity index (χ1) is 14.3. The molecule has 0 saturated carbocycles. The molecule has 0 amide bonds. The summed E-state index contributed by atoms with van der Waals surface area (Å²) in [5, 5.41) is 52.7. The van der Waals surface area contributed by atoms with Crippen molar-refractivity contribution < 1.29 is 9.90 Å². The van der Waals surface area contributed by atoms with Crippen molar-refractivity contribution in [1.82, 2.24) is 9.78 Å². The van der Waals surface area contributed by atoms with Crippen LogP contribution in [0.1, 0.15) is 55.0 Å². The summed E-state index contributed by atoms with van der Waals surface area (Å²) in [4.78, 5) is 11.5. The topological polar surface area (TPSA) is 150 Å². The lowest BCUT2D eigenvalue weighted by Crippen LogP contribution is -2.10. The van der Waals surface area contributed by atoms with Crippen molar-refractivity contribution in [1.29, 1.82) is 21.0 Å². The number of carbonyl (C=O) groups is 1. The van der Waals surface area contributed by atoms with Crippen molar-refractivity contribution in [2.45, 2.75) is 27.3 Å². The quantitative estimate of drug-likeness (QED) is 0.716. The monoisotopic (exact) mass is 394 g/mol. The largest absolute Gasteiger partial charge is 0.478 e. The number of hydrogen-bond acceptors (Lipinski definition) is 6. The standard InChI is InChI=1S/C22H14N6O2/c1-11-4-5-14(22(29)30)12(2)19(11)10-28-21-18(9-26)16(7-24)15(6-23)17(8-25)20(21)13(3)27-28/h4-5H,10H2,1-3H3,(H,29,30). The molecular formula is C22H14N6O2. The average molecular weight is 394 g/mol. The molecule has 1 N–H and O–H groups in total. The van der Waals surface area contributed by atoms with Crippen LogP contribution in [-0.2, 0) is 6.54 Å². The second-order valence-corrected chi connectivity index (χ2v) is 6.75. The summed E-state index contributed by atoms with van der Waals surface area (Å²) in [6.45, 7) is 5.33. The van der Waals surface area contributed by atoms with Crippen LogP contribution in [0.4, 0.5) is 0 Å². The average Bonchev–Trinajstić information content (AvgIpc) is 3.04. The molecule has 0 aliphatic rings. The molecule has 0 fully saturated rings. The third-order valence-electron chi connectivity index (χ3n) is 5.18. The maximum absolute atomic E-state index is 11.5. The molecule has 144 valence electrons. The highest BCUT2D eigenvalue weighted by molar-refractivity contribution is 5.96. The number of benzene rings is 2. The molecule has 1 heterocycles. The van der Waals surface area contributed by atoms with Gasteiger partial charge in [0.15, 0.2) is 0 Å². The lowest BCUT2D eigenvalue weighted by molar-refractivity contribution is 0.0696. The lowest BCUT2D eigenvalue weighted by Gasteiger charge is -2.14. The predicted octanol–water partition coefficient (Wildman–Crippen LogP) is 3.19. The van der Waals surface area contributed by atoms with Gasteiger partial charge in [0.1, 0.15) is 24.3 Å². The smallest absolute Gasteiger partial charge is 0.335 e. The molecule has 2 aromatic carbocycles. The molecule has 0 spiro atoms. The van der Waals surface area contributed by atoms with Gasteiger partial charge >= 0.3 is 5.97 Å². The molecule has 8 heteroatoms. The number of carboxylic acids is 1. The zero-order valence-corrected chi connectivity index (χ0v) is 16.4.